The van der Waals surface area contributed by atoms with Gasteiger partial charge >= 0.3 is 0 Å². The Labute approximate surface area is 110 Å². The van der Waals surface area contributed by atoms with E-state index in [-0.39, 0.29) is 0 Å². The molecule has 1 N–H and O–H groups in total. The van der Waals surface area contributed by atoms with Crippen molar-refractivity contribution < 1.29 is 5.11 Å². The molecule has 0 amide bonds. The lowest BCUT2D eigenvalue weighted by atomic mass is 10.1. The van der Waals surface area contributed by atoms with Gasteiger partial charge in [-0.15, -0.1) is 5.92 Å². The molecule has 0 fully saturated rings. The highest BCUT2D eigenvalue weighted by atomic mass is 35.6. The molecule has 0 heterocycles. The number of aliphatic hydroxyl groups is 1. The fourth-order valence-corrected chi connectivity index (χ4v) is 1.27. The lowest BCUT2D eigenvalue weighted by molar-refractivity contribution is 0.237. The molecule has 4 heteroatoms. The normalized spacial score (nSPS) is 12.8. The first-order valence-corrected chi connectivity index (χ1v) is 5.90. The second kappa shape index (κ2) is 6.37. The fraction of sp³-hybridized carbons (Fsp3) is 0.333. The molecule has 0 spiro atoms. The largest absolute Gasteiger partial charge is 0.376 e. The Morgan fingerprint density at radius 1 is 1.19 bits per heavy atom. The molecule has 0 saturated carbocycles. The molecule has 1 aromatic rings. The summed E-state index contributed by atoms with van der Waals surface area (Å²) >= 11 is 16.4. The van der Waals surface area contributed by atoms with Crippen LogP contribution in [0.3, 0.4) is 0 Å². The van der Waals surface area contributed by atoms with Gasteiger partial charge in [-0.25, -0.2) is 0 Å². The summed E-state index contributed by atoms with van der Waals surface area (Å²) in [6.45, 7) is 0. The summed E-state index contributed by atoms with van der Waals surface area (Å²) in [5.74, 6) is 5.29. The average Bonchev–Trinajstić information content (AvgIpc) is 2.24. The first kappa shape index (κ1) is 13.7. The van der Waals surface area contributed by atoms with E-state index in [1.807, 2.05) is 30.3 Å². The molecular formula is C12H11Cl3O. The molecule has 0 aliphatic heterocycles. The number of benzene rings is 1. The van der Waals surface area contributed by atoms with E-state index in [0.717, 1.165) is 6.42 Å². The van der Waals surface area contributed by atoms with Crippen molar-refractivity contribution in [3.05, 3.63) is 35.9 Å². The van der Waals surface area contributed by atoms with Crippen LogP contribution in [0.1, 0.15) is 12.0 Å². The third-order valence-electron chi connectivity index (χ3n) is 1.93. The highest BCUT2D eigenvalue weighted by Gasteiger charge is 2.28. The molecule has 1 rings (SSSR count). The summed E-state index contributed by atoms with van der Waals surface area (Å²) in [6.07, 6.45) is 0.204. The number of hydrogen-bond acceptors (Lipinski definition) is 1. The van der Waals surface area contributed by atoms with E-state index in [1.54, 1.807) is 0 Å². The van der Waals surface area contributed by atoms with Gasteiger partial charge in [-0.2, -0.15) is 0 Å². The molecule has 0 aliphatic rings. The van der Waals surface area contributed by atoms with Gasteiger partial charge in [0.15, 0.2) is 6.10 Å². The summed E-state index contributed by atoms with van der Waals surface area (Å²) in [7, 11) is 0. The average molecular weight is 278 g/mol. The number of alkyl halides is 3. The maximum atomic E-state index is 9.31. The van der Waals surface area contributed by atoms with Crippen molar-refractivity contribution in [2.24, 2.45) is 0 Å². The molecule has 0 saturated heterocycles. The van der Waals surface area contributed by atoms with Crippen molar-refractivity contribution in [2.75, 3.05) is 0 Å². The summed E-state index contributed by atoms with van der Waals surface area (Å²) in [4.78, 5) is 0. The van der Waals surface area contributed by atoms with Crippen molar-refractivity contribution in [3.8, 4) is 11.8 Å². The van der Waals surface area contributed by atoms with Crippen LogP contribution in [0, 0.1) is 11.8 Å². The van der Waals surface area contributed by atoms with E-state index in [4.69, 9.17) is 34.8 Å². The van der Waals surface area contributed by atoms with Gasteiger partial charge in [-0.1, -0.05) is 71.1 Å². The predicted octanol–water partition coefficient (Wildman–Crippen LogP) is 3.35. The molecule has 0 bridgehead atoms. The number of aliphatic hydroxyl groups excluding tert-OH is 1. The molecule has 1 nitrogen and oxygen atoms in total. The minimum atomic E-state index is -1.74. The van der Waals surface area contributed by atoms with Crippen LogP contribution in [0.15, 0.2) is 30.3 Å². The molecule has 86 valence electrons. The van der Waals surface area contributed by atoms with Gasteiger partial charge in [-0.3, -0.25) is 0 Å². The van der Waals surface area contributed by atoms with Crippen LogP contribution in [0.2, 0.25) is 0 Å². The smallest absolute Gasteiger partial charge is 0.227 e. The van der Waals surface area contributed by atoms with Gasteiger partial charge in [0.25, 0.3) is 0 Å². The van der Waals surface area contributed by atoms with Crippen LogP contribution in [0.25, 0.3) is 0 Å². The Hall–Kier alpha value is -0.390. The molecule has 0 aliphatic carbocycles. The molecule has 0 radical (unpaired) electrons. The van der Waals surface area contributed by atoms with Crippen molar-refractivity contribution >= 4 is 34.8 Å². The highest BCUT2D eigenvalue weighted by molar-refractivity contribution is 6.68. The zero-order chi connectivity index (χ0) is 12.0. The topological polar surface area (TPSA) is 20.2 Å². The zero-order valence-corrected chi connectivity index (χ0v) is 10.7. The molecule has 0 aromatic heterocycles. The van der Waals surface area contributed by atoms with Gasteiger partial charge in [0.1, 0.15) is 0 Å². The minimum Gasteiger partial charge on any atom is -0.376 e. The van der Waals surface area contributed by atoms with Gasteiger partial charge in [0, 0.05) is 6.42 Å². The highest BCUT2D eigenvalue weighted by Crippen LogP contribution is 2.29. The Bertz CT molecular complexity index is 373. The standard InChI is InChI=1S/C12H11Cl3O/c13-12(14,15)11(16)9-5-4-8-10-6-2-1-3-7-10/h1-3,6-7,11,16H,4,8H2. The maximum Gasteiger partial charge on any atom is 0.227 e. The lowest BCUT2D eigenvalue weighted by Gasteiger charge is -2.12. The van der Waals surface area contributed by atoms with E-state index < -0.39 is 9.90 Å². The maximum absolute atomic E-state index is 9.31. The van der Waals surface area contributed by atoms with Crippen LogP contribution in [0.5, 0.6) is 0 Å². The van der Waals surface area contributed by atoms with Crippen molar-refractivity contribution in [1.29, 1.82) is 0 Å². The van der Waals surface area contributed by atoms with Gasteiger partial charge in [0.2, 0.25) is 3.79 Å². The monoisotopic (exact) mass is 276 g/mol. The first-order chi connectivity index (χ1) is 7.50. The Kier molecular flexibility index (Phi) is 5.44. The molecule has 1 aromatic carbocycles. The van der Waals surface area contributed by atoms with E-state index in [2.05, 4.69) is 11.8 Å². The Morgan fingerprint density at radius 2 is 1.81 bits per heavy atom. The predicted molar refractivity (Wildman–Crippen MR) is 68.8 cm³/mol. The first-order valence-electron chi connectivity index (χ1n) is 4.77. The Balaban J connectivity index is 2.39. The third-order valence-corrected chi connectivity index (χ3v) is 2.55. The summed E-state index contributed by atoms with van der Waals surface area (Å²) in [5, 5.41) is 9.31. The summed E-state index contributed by atoms with van der Waals surface area (Å²) in [5.41, 5.74) is 1.19. The van der Waals surface area contributed by atoms with Crippen LogP contribution in [-0.2, 0) is 6.42 Å². The Morgan fingerprint density at radius 3 is 2.38 bits per heavy atom. The molecule has 1 atom stereocenters. The number of halogens is 3. The van der Waals surface area contributed by atoms with Crippen molar-refractivity contribution in [1.82, 2.24) is 0 Å². The van der Waals surface area contributed by atoms with Crippen LogP contribution < -0.4 is 0 Å². The van der Waals surface area contributed by atoms with Gasteiger partial charge < -0.3 is 5.11 Å². The summed E-state index contributed by atoms with van der Waals surface area (Å²) < 4.78 is -1.74. The number of rotatable bonds is 2. The third kappa shape index (κ3) is 5.09. The second-order valence-electron chi connectivity index (χ2n) is 3.25. The number of aryl methyl sites for hydroxylation is 1. The van der Waals surface area contributed by atoms with Crippen LogP contribution >= 0.6 is 34.8 Å². The summed E-state index contributed by atoms with van der Waals surface area (Å²) in [6, 6.07) is 9.94. The van der Waals surface area contributed by atoms with Gasteiger partial charge in [-0.05, 0) is 12.0 Å². The molecular weight excluding hydrogens is 266 g/mol. The quantitative estimate of drug-likeness (QED) is 0.649. The van der Waals surface area contributed by atoms with E-state index >= 15 is 0 Å². The SMILES string of the molecule is OC(C#CCCc1ccccc1)C(Cl)(Cl)Cl. The van der Waals surface area contributed by atoms with Gasteiger partial charge in [0.05, 0.1) is 0 Å². The van der Waals surface area contributed by atoms with Crippen molar-refractivity contribution in [3.63, 3.8) is 0 Å². The van der Waals surface area contributed by atoms with E-state index in [0.29, 0.717) is 6.42 Å². The fourth-order valence-electron chi connectivity index (χ4n) is 1.10. The second-order valence-corrected chi connectivity index (χ2v) is 5.62. The minimum absolute atomic E-state index is 0.627. The van der Waals surface area contributed by atoms with E-state index in [9.17, 15) is 5.11 Å². The van der Waals surface area contributed by atoms with Crippen LogP contribution in [-0.4, -0.2) is 15.0 Å². The van der Waals surface area contributed by atoms with E-state index in [1.165, 1.54) is 5.56 Å². The molecule has 1 unspecified atom stereocenters. The molecule has 16 heavy (non-hydrogen) atoms. The number of hydrogen-bond donors (Lipinski definition) is 1. The lowest BCUT2D eigenvalue weighted by Crippen LogP contribution is -2.22. The van der Waals surface area contributed by atoms with Crippen molar-refractivity contribution in [2.45, 2.75) is 22.7 Å². The van der Waals surface area contributed by atoms with Crippen LogP contribution in [0.4, 0.5) is 0 Å². The zero-order valence-electron chi connectivity index (χ0n) is 8.46.